The van der Waals surface area contributed by atoms with Crippen LogP contribution in [-0.4, -0.2) is 28.6 Å². The van der Waals surface area contributed by atoms with Crippen LogP contribution in [0.2, 0.25) is 5.02 Å². The Labute approximate surface area is 143 Å². The maximum absolute atomic E-state index is 12.6. The minimum Gasteiger partial charge on any atom is -0.444 e. The average Bonchev–Trinajstić information content (AvgIpc) is 2.71. The number of ether oxygens (including phenoxy) is 1. The van der Waals surface area contributed by atoms with Crippen molar-refractivity contribution in [2.75, 3.05) is 5.32 Å². The Bertz CT molecular complexity index is 716. The summed E-state index contributed by atoms with van der Waals surface area (Å²) in [5, 5.41) is 16.5. The Kier molecular flexibility index (Phi) is 4.45. The summed E-state index contributed by atoms with van der Waals surface area (Å²) in [6.07, 6.45) is -0.931. The summed E-state index contributed by atoms with van der Waals surface area (Å²) in [7, 11) is 0. The monoisotopic (exact) mass is 355 g/mol. The molecule has 1 unspecified atom stereocenters. The van der Waals surface area contributed by atoms with Crippen LogP contribution in [-0.2, 0) is 15.1 Å². The molecule has 0 saturated carbocycles. The van der Waals surface area contributed by atoms with Gasteiger partial charge in [0.05, 0.1) is 10.7 Å². The highest BCUT2D eigenvalue weighted by Crippen LogP contribution is 2.43. The smallest absolute Gasteiger partial charge is 0.408 e. The van der Waals surface area contributed by atoms with Crippen molar-refractivity contribution in [1.29, 1.82) is 0 Å². The van der Waals surface area contributed by atoms with E-state index in [0.29, 0.717) is 0 Å². The van der Waals surface area contributed by atoms with Crippen molar-refractivity contribution >= 4 is 29.3 Å². The molecule has 2 atom stereocenters. The van der Waals surface area contributed by atoms with Crippen molar-refractivity contribution in [2.24, 2.45) is 0 Å². The van der Waals surface area contributed by atoms with E-state index in [1.54, 1.807) is 32.9 Å². The molecule has 1 heterocycles. The molecule has 2 amide bonds. The van der Waals surface area contributed by atoms with E-state index < -0.39 is 34.1 Å². The highest BCUT2D eigenvalue weighted by atomic mass is 35.5. The zero-order chi connectivity index (χ0) is 18.3. The van der Waals surface area contributed by atoms with Gasteiger partial charge in [-0.15, -0.1) is 0 Å². The van der Waals surface area contributed by atoms with Crippen LogP contribution in [0.25, 0.3) is 0 Å². The Balaban J connectivity index is 2.55. The van der Waals surface area contributed by atoms with Gasteiger partial charge in [0, 0.05) is 17.4 Å². The lowest BCUT2D eigenvalue weighted by molar-refractivity contribution is -0.528. The van der Waals surface area contributed by atoms with Crippen LogP contribution in [0, 0.1) is 10.1 Å². The quantitative estimate of drug-likeness (QED) is 0.639. The van der Waals surface area contributed by atoms with E-state index >= 15 is 0 Å². The molecule has 8 nitrogen and oxygen atoms in total. The first-order chi connectivity index (χ1) is 11.0. The summed E-state index contributed by atoms with van der Waals surface area (Å²) in [6, 6.07) is 3.17. The summed E-state index contributed by atoms with van der Waals surface area (Å²) in [5.41, 5.74) is -2.26. The van der Waals surface area contributed by atoms with E-state index in [1.165, 1.54) is 13.0 Å². The number of alkyl carbamates (subject to hydrolysis) is 1. The van der Waals surface area contributed by atoms with Gasteiger partial charge in [-0.25, -0.2) is 4.79 Å². The minimum absolute atomic E-state index is 0.226. The second-order valence-electron chi connectivity index (χ2n) is 6.51. The Morgan fingerprint density at radius 3 is 2.62 bits per heavy atom. The topological polar surface area (TPSA) is 111 Å². The molecule has 0 aromatic heterocycles. The van der Waals surface area contributed by atoms with Gasteiger partial charge in [-0.3, -0.25) is 20.2 Å². The van der Waals surface area contributed by atoms with Gasteiger partial charge in [0.25, 0.3) is 5.91 Å². The Hall–Kier alpha value is -2.35. The molecule has 1 aliphatic heterocycles. The molecule has 0 saturated heterocycles. The van der Waals surface area contributed by atoms with Crippen molar-refractivity contribution in [3.63, 3.8) is 0 Å². The third-order valence-electron chi connectivity index (χ3n) is 3.68. The minimum atomic E-state index is -1.91. The largest absolute Gasteiger partial charge is 0.444 e. The van der Waals surface area contributed by atoms with E-state index in [4.69, 9.17) is 16.3 Å². The number of nitro groups is 1. The predicted molar refractivity (Wildman–Crippen MR) is 87.6 cm³/mol. The molecular formula is C15H18ClN3O5. The number of benzene rings is 1. The highest BCUT2D eigenvalue weighted by molar-refractivity contribution is 6.34. The lowest BCUT2D eigenvalue weighted by Gasteiger charge is -2.30. The molecule has 2 rings (SSSR count). The van der Waals surface area contributed by atoms with Gasteiger partial charge in [-0.05, 0) is 26.8 Å². The van der Waals surface area contributed by atoms with Crippen molar-refractivity contribution < 1.29 is 19.2 Å². The van der Waals surface area contributed by atoms with Crippen LogP contribution in [0.1, 0.15) is 33.3 Å². The standard InChI is InChI=1S/C15H18ClN3O5/c1-8(19(22)23)15(18-13(21)24-14(2,3)4)9-6-5-7-10(16)11(9)17-12(15)20/h5-8H,1-4H3,(H,17,20)(H,18,21)/t8?,15-/m1/s1. The first-order valence-corrected chi connectivity index (χ1v) is 7.62. The molecule has 130 valence electrons. The number of anilines is 1. The normalized spacial score (nSPS) is 20.8. The second-order valence-corrected chi connectivity index (χ2v) is 6.92. The van der Waals surface area contributed by atoms with E-state index in [9.17, 15) is 19.7 Å². The summed E-state index contributed by atoms with van der Waals surface area (Å²) in [4.78, 5) is 35.6. The summed E-state index contributed by atoms with van der Waals surface area (Å²) in [6.45, 7) is 6.19. The van der Waals surface area contributed by atoms with Gasteiger partial charge in [0.15, 0.2) is 0 Å². The van der Waals surface area contributed by atoms with E-state index in [0.717, 1.165) is 0 Å². The number of nitrogens with zero attached hydrogens (tertiary/aromatic N) is 1. The predicted octanol–water partition coefficient (Wildman–Crippen LogP) is 2.68. The number of carbonyl (C=O) groups excluding carboxylic acids is 2. The van der Waals surface area contributed by atoms with Crippen LogP contribution in [0.4, 0.5) is 10.5 Å². The Morgan fingerprint density at radius 2 is 2.08 bits per heavy atom. The second kappa shape index (κ2) is 5.94. The molecule has 2 N–H and O–H groups in total. The van der Waals surface area contributed by atoms with Crippen molar-refractivity contribution in [1.82, 2.24) is 5.32 Å². The van der Waals surface area contributed by atoms with E-state index in [-0.39, 0.29) is 16.3 Å². The van der Waals surface area contributed by atoms with Gasteiger partial charge < -0.3 is 10.1 Å². The van der Waals surface area contributed by atoms with Gasteiger partial charge in [0.2, 0.25) is 11.6 Å². The molecule has 0 bridgehead atoms. The number of amides is 2. The van der Waals surface area contributed by atoms with Gasteiger partial charge in [0.1, 0.15) is 5.60 Å². The summed E-state index contributed by atoms with van der Waals surface area (Å²) >= 11 is 6.06. The third kappa shape index (κ3) is 3.01. The SMILES string of the molecule is CC([N+](=O)[O-])[C@]1(NC(=O)OC(C)(C)C)C(=O)Nc2c(Cl)cccc21. The number of rotatable bonds is 3. The number of halogens is 1. The first kappa shape index (κ1) is 18.0. The lowest BCUT2D eigenvalue weighted by Crippen LogP contribution is -2.60. The molecule has 9 heteroatoms. The molecule has 1 aromatic carbocycles. The van der Waals surface area contributed by atoms with Gasteiger partial charge in [-0.1, -0.05) is 23.7 Å². The van der Waals surface area contributed by atoms with Gasteiger partial charge in [-0.2, -0.15) is 0 Å². The maximum atomic E-state index is 12.6. The van der Waals surface area contributed by atoms with Gasteiger partial charge >= 0.3 is 6.09 Å². The van der Waals surface area contributed by atoms with Crippen LogP contribution in [0.5, 0.6) is 0 Å². The molecule has 24 heavy (non-hydrogen) atoms. The summed E-state index contributed by atoms with van der Waals surface area (Å²) in [5.74, 6) is -0.736. The molecule has 0 fully saturated rings. The number of nitrogens with one attached hydrogen (secondary N) is 2. The third-order valence-corrected chi connectivity index (χ3v) is 3.99. The Morgan fingerprint density at radius 1 is 1.46 bits per heavy atom. The van der Waals surface area contributed by atoms with Crippen LogP contribution in [0.15, 0.2) is 18.2 Å². The fourth-order valence-corrected chi connectivity index (χ4v) is 2.80. The van der Waals surface area contributed by atoms with Crippen LogP contribution < -0.4 is 10.6 Å². The van der Waals surface area contributed by atoms with Crippen molar-refractivity contribution in [3.8, 4) is 0 Å². The molecular weight excluding hydrogens is 338 g/mol. The molecule has 1 aromatic rings. The number of hydrogen-bond donors (Lipinski definition) is 2. The molecule has 1 aliphatic rings. The zero-order valence-electron chi connectivity index (χ0n) is 13.7. The number of fused-ring (bicyclic) bond motifs is 1. The first-order valence-electron chi connectivity index (χ1n) is 7.24. The number of carbonyl (C=O) groups is 2. The van der Waals surface area contributed by atoms with E-state index in [2.05, 4.69) is 10.6 Å². The number of hydrogen-bond acceptors (Lipinski definition) is 5. The molecule has 0 spiro atoms. The van der Waals surface area contributed by atoms with Crippen molar-refractivity contribution in [2.45, 2.75) is 44.9 Å². The molecule has 0 aliphatic carbocycles. The fraction of sp³-hybridized carbons (Fsp3) is 0.467. The highest BCUT2D eigenvalue weighted by Gasteiger charge is 2.58. The van der Waals surface area contributed by atoms with Crippen molar-refractivity contribution in [3.05, 3.63) is 38.9 Å². The van der Waals surface area contributed by atoms with E-state index in [1.807, 2.05) is 0 Å². The van der Waals surface area contributed by atoms with Crippen LogP contribution >= 0.6 is 11.6 Å². The lowest BCUT2D eigenvalue weighted by atomic mass is 9.85. The van der Waals surface area contributed by atoms with Crippen LogP contribution in [0.3, 0.4) is 0 Å². The number of para-hydroxylation sites is 1. The summed E-state index contributed by atoms with van der Waals surface area (Å²) < 4.78 is 5.16. The zero-order valence-corrected chi connectivity index (χ0v) is 14.4. The molecule has 0 radical (unpaired) electrons. The maximum Gasteiger partial charge on any atom is 0.408 e. The fourth-order valence-electron chi connectivity index (χ4n) is 2.58. The average molecular weight is 356 g/mol.